The van der Waals surface area contributed by atoms with Gasteiger partial charge in [0.05, 0.1) is 0 Å². The van der Waals surface area contributed by atoms with Crippen molar-refractivity contribution in [3.05, 3.63) is 91.0 Å². The molecule has 0 amide bonds. The molecule has 0 aromatic heterocycles. The van der Waals surface area contributed by atoms with Gasteiger partial charge in [0.1, 0.15) is 0 Å². The van der Waals surface area contributed by atoms with Crippen LogP contribution in [0.4, 0.5) is 0 Å². The number of rotatable bonds is 3. The van der Waals surface area contributed by atoms with Crippen LogP contribution in [0.25, 0.3) is 0 Å². The summed E-state index contributed by atoms with van der Waals surface area (Å²) in [6.45, 7) is -0.500. The first-order chi connectivity index (χ1) is 10.9. The van der Waals surface area contributed by atoms with E-state index in [0.29, 0.717) is 0 Å². The van der Waals surface area contributed by atoms with Crippen molar-refractivity contribution in [2.75, 3.05) is 0 Å². The van der Waals surface area contributed by atoms with Crippen molar-refractivity contribution in [3.8, 4) is 0 Å². The van der Waals surface area contributed by atoms with Gasteiger partial charge in [-0.3, -0.25) is 0 Å². The topological polar surface area (TPSA) is 40.1 Å². The Hall–Kier alpha value is -2.33. The van der Waals surface area contributed by atoms with Gasteiger partial charge in [0.2, 0.25) is 0 Å². The summed E-state index contributed by atoms with van der Waals surface area (Å²) in [5.41, 5.74) is 0. The molecule has 0 aliphatic carbocycles. The van der Waals surface area contributed by atoms with E-state index in [1.54, 1.807) is 0 Å². The number of carbonyl (C=O) groups excluding carboxylic acids is 1. The van der Waals surface area contributed by atoms with Crippen LogP contribution >= 0.6 is 0 Å². The standard InChI is InChI=1S/C18H15Ge.CH2O2/c1-4-10-16(11-5-1)19(17-12-6-2-7-13-17)18-14-8-3-9-15-18;2-1-3/h1-15H;1H,(H,2,3)/p-1. The van der Waals surface area contributed by atoms with Gasteiger partial charge in [-0.2, -0.15) is 0 Å². The van der Waals surface area contributed by atoms with Gasteiger partial charge in [-0.25, -0.2) is 0 Å². The van der Waals surface area contributed by atoms with Crippen LogP contribution in [0, 0.1) is 0 Å². The van der Waals surface area contributed by atoms with E-state index in [2.05, 4.69) is 91.0 Å². The Morgan fingerprint density at radius 3 is 1.05 bits per heavy atom. The normalized spacial score (nSPS) is 9.68. The van der Waals surface area contributed by atoms with Gasteiger partial charge >= 0.3 is 119 Å². The second kappa shape index (κ2) is 8.85. The van der Waals surface area contributed by atoms with Crippen LogP contribution < -0.4 is 18.3 Å². The van der Waals surface area contributed by atoms with E-state index in [1.807, 2.05) is 0 Å². The first kappa shape index (κ1) is 16.1. The molecular weight excluding hydrogens is 333 g/mol. The van der Waals surface area contributed by atoms with Crippen molar-refractivity contribution in [3.63, 3.8) is 0 Å². The average Bonchev–Trinajstić information content (AvgIpc) is 2.59. The van der Waals surface area contributed by atoms with Crippen molar-refractivity contribution < 1.29 is 9.90 Å². The molecule has 0 aliphatic heterocycles. The molecule has 3 heteroatoms. The second-order valence-corrected chi connectivity index (χ2v) is 9.78. The Morgan fingerprint density at radius 2 is 0.818 bits per heavy atom. The third-order valence-corrected chi connectivity index (χ3v) is 8.92. The predicted octanol–water partition coefficient (Wildman–Crippen LogP) is 0.569. The molecule has 0 bridgehead atoms. The summed E-state index contributed by atoms with van der Waals surface area (Å²) in [6, 6.07) is 32.8. The van der Waals surface area contributed by atoms with Crippen molar-refractivity contribution >= 4 is 34.0 Å². The Morgan fingerprint density at radius 1 is 0.591 bits per heavy atom. The third kappa shape index (κ3) is 4.33. The Labute approximate surface area is 135 Å². The van der Waals surface area contributed by atoms with Crippen LogP contribution in [0.2, 0.25) is 0 Å². The Bertz CT molecular complexity index is 576. The summed E-state index contributed by atoms with van der Waals surface area (Å²) in [7, 11) is 0. The number of hydrogen-bond donors (Lipinski definition) is 0. The predicted molar refractivity (Wildman–Crippen MR) is 90.0 cm³/mol. The Balaban J connectivity index is 0.000000545. The molecule has 0 unspecified atom stereocenters. The summed E-state index contributed by atoms with van der Waals surface area (Å²) in [5, 5.41) is 8.25. The molecule has 3 rings (SSSR count). The zero-order chi connectivity index (χ0) is 15.6. The van der Waals surface area contributed by atoms with E-state index in [4.69, 9.17) is 9.90 Å². The molecule has 0 atom stereocenters. The maximum atomic E-state index is 8.25. The molecule has 3 aromatic carbocycles. The SMILES string of the molecule is O=C[O-].c1cc[c]([Ge]([c]2ccccc2)[c]2ccccc2)cc1. The summed E-state index contributed by atoms with van der Waals surface area (Å²) < 4.78 is 4.50. The zero-order valence-corrected chi connectivity index (χ0v) is 14.2. The maximum absolute atomic E-state index is 8.25. The quantitative estimate of drug-likeness (QED) is 0.513. The van der Waals surface area contributed by atoms with E-state index >= 15 is 0 Å². The molecule has 0 heterocycles. The number of carbonyl (C=O) groups is 1. The molecule has 3 aromatic rings. The molecular formula is C19H16GeO2-. The number of benzene rings is 3. The van der Waals surface area contributed by atoms with Gasteiger partial charge in [0.25, 0.3) is 0 Å². The molecule has 0 aliphatic rings. The fourth-order valence-corrected chi connectivity index (χ4v) is 7.72. The fourth-order valence-electron chi connectivity index (χ4n) is 2.31. The molecule has 22 heavy (non-hydrogen) atoms. The molecule has 0 N–H and O–H groups in total. The van der Waals surface area contributed by atoms with Crippen LogP contribution in [-0.4, -0.2) is 20.8 Å². The molecule has 0 saturated carbocycles. The van der Waals surface area contributed by atoms with Crippen LogP contribution in [0.1, 0.15) is 0 Å². The van der Waals surface area contributed by atoms with E-state index in [-0.39, 0.29) is 0 Å². The molecule has 0 saturated heterocycles. The first-order valence-corrected chi connectivity index (χ1v) is 10.1. The summed E-state index contributed by atoms with van der Waals surface area (Å²) in [5.74, 6) is 0. The van der Waals surface area contributed by atoms with Crippen molar-refractivity contribution in [1.82, 2.24) is 0 Å². The van der Waals surface area contributed by atoms with Crippen LogP contribution in [0.15, 0.2) is 91.0 Å². The molecule has 0 spiro atoms. The number of hydrogen-bond acceptors (Lipinski definition) is 2. The van der Waals surface area contributed by atoms with E-state index in [0.717, 1.165) is 0 Å². The van der Waals surface area contributed by atoms with Crippen LogP contribution in [0.3, 0.4) is 0 Å². The second-order valence-electron chi connectivity index (χ2n) is 4.57. The summed E-state index contributed by atoms with van der Waals surface area (Å²) in [6.07, 6.45) is 0. The van der Waals surface area contributed by atoms with E-state index in [1.165, 1.54) is 13.2 Å². The fraction of sp³-hybridized carbons (Fsp3) is 0. The number of carboxylic acid groups (broad SMARTS) is 1. The van der Waals surface area contributed by atoms with E-state index < -0.39 is 20.8 Å². The Kier molecular flexibility index (Phi) is 6.46. The minimum absolute atomic E-state index is 0.500. The van der Waals surface area contributed by atoms with Gasteiger partial charge < -0.3 is 9.90 Å². The van der Waals surface area contributed by atoms with Crippen molar-refractivity contribution in [2.24, 2.45) is 0 Å². The van der Waals surface area contributed by atoms with Gasteiger partial charge in [-0.1, -0.05) is 0 Å². The van der Waals surface area contributed by atoms with Gasteiger partial charge in [-0.15, -0.1) is 0 Å². The van der Waals surface area contributed by atoms with Crippen LogP contribution in [0.5, 0.6) is 0 Å². The molecule has 1 radical (unpaired) electrons. The molecule has 109 valence electrons. The minimum atomic E-state index is -1.63. The van der Waals surface area contributed by atoms with Gasteiger partial charge in [0, 0.05) is 6.47 Å². The van der Waals surface area contributed by atoms with Crippen molar-refractivity contribution in [1.29, 1.82) is 0 Å². The van der Waals surface area contributed by atoms with E-state index in [9.17, 15) is 0 Å². The van der Waals surface area contributed by atoms with Gasteiger partial charge in [-0.05, 0) is 0 Å². The zero-order valence-electron chi connectivity index (χ0n) is 12.1. The molecule has 2 nitrogen and oxygen atoms in total. The first-order valence-electron chi connectivity index (χ1n) is 6.95. The third-order valence-electron chi connectivity index (χ3n) is 3.19. The summed E-state index contributed by atoms with van der Waals surface area (Å²) >= 11 is -1.63. The molecule has 0 fully saturated rings. The van der Waals surface area contributed by atoms with Gasteiger partial charge in [0.15, 0.2) is 0 Å². The summed E-state index contributed by atoms with van der Waals surface area (Å²) in [4.78, 5) is 8.25. The monoisotopic (exact) mass is 350 g/mol. The van der Waals surface area contributed by atoms with Crippen LogP contribution in [-0.2, 0) is 4.79 Å². The van der Waals surface area contributed by atoms with Crippen molar-refractivity contribution in [2.45, 2.75) is 0 Å². The average molecular weight is 349 g/mol.